The van der Waals surface area contributed by atoms with Gasteiger partial charge in [0.1, 0.15) is 0 Å². The van der Waals surface area contributed by atoms with Crippen LogP contribution in [-0.2, 0) is 0 Å². The van der Waals surface area contributed by atoms with Crippen LogP contribution in [0.2, 0.25) is 0 Å². The number of rotatable bonds is 10. The van der Waals surface area contributed by atoms with Gasteiger partial charge in [-0.15, -0.1) is 0 Å². The van der Waals surface area contributed by atoms with Gasteiger partial charge in [-0.25, -0.2) is 0 Å². The fourth-order valence-corrected chi connectivity index (χ4v) is 2.30. The van der Waals surface area contributed by atoms with E-state index in [1.54, 1.807) is 0 Å². The fourth-order valence-electron chi connectivity index (χ4n) is 2.30. The molecule has 96 valence electrons. The van der Waals surface area contributed by atoms with E-state index in [4.69, 9.17) is 5.73 Å². The van der Waals surface area contributed by atoms with Crippen molar-refractivity contribution >= 4 is 0 Å². The Labute approximate surface area is 101 Å². The minimum absolute atomic E-state index is 0.564. The van der Waals surface area contributed by atoms with Crippen molar-refractivity contribution < 1.29 is 0 Å². The van der Waals surface area contributed by atoms with Crippen molar-refractivity contribution in [3.8, 4) is 0 Å². The molecule has 3 unspecified atom stereocenters. The van der Waals surface area contributed by atoms with Gasteiger partial charge in [0.05, 0.1) is 0 Å². The second-order valence-corrected chi connectivity index (χ2v) is 5.52. The summed E-state index contributed by atoms with van der Waals surface area (Å²) in [5.74, 6) is 1.89. The van der Waals surface area contributed by atoms with Gasteiger partial charge in [0, 0.05) is 12.6 Å². The average molecular weight is 226 g/mol. The molecular formula is C14H30N2. The Balaban J connectivity index is 1.94. The van der Waals surface area contributed by atoms with Crippen LogP contribution in [0, 0.1) is 11.8 Å². The normalized spacial score (nSPS) is 25.7. The summed E-state index contributed by atoms with van der Waals surface area (Å²) in [5.41, 5.74) is 5.79. The summed E-state index contributed by atoms with van der Waals surface area (Å²) < 4.78 is 0. The number of nitrogens with one attached hydrogen (secondary N) is 1. The Bertz CT molecular complexity index is 170. The molecule has 0 aromatic heterocycles. The lowest BCUT2D eigenvalue weighted by Crippen LogP contribution is -2.37. The van der Waals surface area contributed by atoms with Crippen molar-refractivity contribution in [2.45, 2.75) is 64.8 Å². The van der Waals surface area contributed by atoms with E-state index in [9.17, 15) is 0 Å². The van der Waals surface area contributed by atoms with Gasteiger partial charge >= 0.3 is 0 Å². The maximum atomic E-state index is 5.79. The molecule has 0 radical (unpaired) electrons. The standard InChI is InChI=1S/C14H30N2/c1-3-4-5-6-7-8-14(10-15)16-11-13-9-12(13)2/h12-14,16H,3-11,15H2,1-2H3. The molecular weight excluding hydrogens is 196 g/mol. The fraction of sp³-hybridized carbons (Fsp3) is 1.00. The Kier molecular flexibility index (Phi) is 7.06. The van der Waals surface area contributed by atoms with Crippen LogP contribution in [0.25, 0.3) is 0 Å². The van der Waals surface area contributed by atoms with E-state index in [-0.39, 0.29) is 0 Å². The van der Waals surface area contributed by atoms with Crippen molar-refractivity contribution in [2.24, 2.45) is 17.6 Å². The van der Waals surface area contributed by atoms with Gasteiger partial charge < -0.3 is 11.1 Å². The number of nitrogens with two attached hydrogens (primary N) is 1. The second-order valence-electron chi connectivity index (χ2n) is 5.52. The van der Waals surface area contributed by atoms with Crippen LogP contribution in [0.4, 0.5) is 0 Å². The summed E-state index contributed by atoms with van der Waals surface area (Å²) in [6.07, 6.45) is 9.52. The third-order valence-electron chi connectivity index (χ3n) is 3.89. The first-order valence-electron chi connectivity index (χ1n) is 7.21. The summed E-state index contributed by atoms with van der Waals surface area (Å²) in [6.45, 7) is 6.60. The van der Waals surface area contributed by atoms with E-state index >= 15 is 0 Å². The molecule has 2 nitrogen and oxygen atoms in total. The van der Waals surface area contributed by atoms with E-state index in [2.05, 4.69) is 19.2 Å². The maximum absolute atomic E-state index is 5.79. The minimum atomic E-state index is 0.564. The van der Waals surface area contributed by atoms with Crippen LogP contribution in [0.5, 0.6) is 0 Å². The lowest BCUT2D eigenvalue weighted by Gasteiger charge is -2.16. The Morgan fingerprint density at radius 2 is 1.94 bits per heavy atom. The summed E-state index contributed by atoms with van der Waals surface area (Å²) in [7, 11) is 0. The van der Waals surface area contributed by atoms with E-state index in [0.29, 0.717) is 6.04 Å². The summed E-state index contributed by atoms with van der Waals surface area (Å²) in [5, 5.41) is 3.63. The third-order valence-corrected chi connectivity index (χ3v) is 3.89. The Morgan fingerprint density at radius 3 is 2.50 bits per heavy atom. The maximum Gasteiger partial charge on any atom is 0.0190 e. The third kappa shape index (κ3) is 5.86. The van der Waals surface area contributed by atoms with Crippen LogP contribution < -0.4 is 11.1 Å². The zero-order chi connectivity index (χ0) is 11.8. The molecule has 0 saturated heterocycles. The Morgan fingerprint density at radius 1 is 1.25 bits per heavy atom. The Hall–Kier alpha value is -0.0800. The first-order chi connectivity index (χ1) is 7.77. The van der Waals surface area contributed by atoms with Crippen molar-refractivity contribution in [3.05, 3.63) is 0 Å². The molecule has 1 aliphatic carbocycles. The highest BCUT2D eigenvalue weighted by Gasteiger charge is 2.32. The molecule has 2 heteroatoms. The molecule has 0 amide bonds. The predicted molar refractivity (Wildman–Crippen MR) is 71.5 cm³/mol. The molecule has 1 saturated carbocycles. The highest BCUT2D eigenvalue weighted by Crippen LogP contribution is 2.36. The van der Waals surface area contributed by atoms with E-state index in [0.717, 1.165) is 18.4 Å². The smallest absolute Gasteiger partial charge is 0.0190 e. The lowest BCUT2D eigenvalue weighted by molar-refractivity contribution is 0.446. The first kappa shape index (κ1) is 14.0. The SMILES string of the molecule is CCCCCCCC(CN)NCC1CC1C. The highest BCUT2D eigenvalue weighted by atomic mass is 14.9. The first-order valence-corrected chi connectivity index (χ1v) is 7.21. The monoisotopic (exact) mass is 226 g/mol. The van der Waals surface area contributed by atoms with Gasteiger partial charge in [-0.1, -0.05) is 46.0 Å². The molecule has 0 aromatic rings. The second kappa shape index (κ2) is 8.08. The molecule has 1 fully saturated rings. The van der Waals surface area contributed by atoms with Crippen molar-refractivity contribution in [3.63, 3.8) is 0 Å². The summed E-state index contributed by atoms with van der Waals surface area (Å²) >= 11 is 0. The molecule has 1 rings (SSSR count). The quantitative estimate of drug-likeness (QED) is 0.562. The topological polar surface area (TPSA) is 38.0 Å². The van der Waals surface area contributed by atoms with Crippen molar-refractivity contribution in [1.82, 2.24) is 5.32 Å². The molecule has 0 aromatic carbocycles. The van der Waals surface area contributed by atoms with Gasteiger partial charge in [-0.2, -0.15) is 0 Å². The molecule has 0 heterocycles. The minimum Gasteiger partial charge on any atom is -0.329 e. The zero-order valence-electron chi connectivity index (χ0n) is 11.2. The molecule has 3 atom stereocenters. The zero-order valence-corrected chi connectivity index (χ0v) is 11.2. The van der Waals surface area contributed by atoms with E-state index in [1.165, 1.54) is 51.5 Å². The van der Waals surface area contributed by atoms with Crippen LogP contribution in [0.15, 0.2) is 0 Å². The summed E-state index contributed by atoms with van der Waals surface area (Å²) in [6, 6.07) is 0.564. The van der Waals surface area contributed by atoms with E-state index in [1.807, 2.05) is 0 Å². The lowest BCUT2D eigenvalue weighted by atomic mass is 10.1. The molecule has 16 heavy (non-hydrogen) atoms. The van der Waals surface area contributed by atoms with Gasteiger partial charge in [-0.3, -0.25) is 0 Å². The van der Waals surface area contributed by atoms with Crippen LogP contribution in [-0.4, -0.2) is 19.1 Å². The van der Waals surface area contributed by atoms with Gasteiger partial charge in [0.25, 0.3) is 0 Å². The van der Waals surface area contributed by atoms with Gasteiger partial charge in [0.2, 0.25) is 0 Å². The average Bonchev–Trinajstić information content (AvgIpc) is 2.99. The van der Waals surface area contributed by atoms with Crippen molar-refractivity contribution in [2.75, 3.05) is 13.1 Å². The van der Waals surface area contributed by atoms with Gasteiger partial charge in [-0.05, 0) is 31.2 Å². The predicted octanol–water partition coefficient (Wildman–Crippen LogP) is 2.92. The highest BCUT2D eigenvalue weighted by molar-refractivity contribution is 4.85. The molecule has 0 bridgehead atoms. The summed E-state index contributed by atoms with van der Waals surface area (Å²) in [4.78, 5) is 0. The molecule has 1 aliphatic rings. The largest absolute Gasteiger partial charge is 0.329 e. The molecule has 0 aliphatic heterocycles. The van der Waals surface area contributed by atoms with E-state index < -0.39 is 0 Å². The van der Waals surface area contributed by atoms with Gasteiger partial charge in [0.15, 0.2) is 0 Å². The molecule has 3 N–H and O–H groups in total. The number of hydrogen-bond donors (Lipinski definition) is 2. The molecule has 0 spiro atoms. The van der Waals surface area contributed by atoms with Crippen LogP contribution >= 0.6 is 0 Å². The van der Waals surface area contributed by atoms with Crippen LogP contribution in [0.1, 0.15) is 58.8 Å². The number of unbranched alkanes of at least 4 members (excludes halogenated alkanes) is 4. The number of hydrogen-bond acceptors (Lipinski definition) is 2. The van der Waals surface area contributed by atoms with Crippen LogP contribution in [0.3, 0.4) is 0 Å². The van der Waals surface area contributed by atoms with Crippen molar-refractivity contribution in [1.29, 1.82) is 0 Å².